The number of aromatic nitrogens is 1. The molecule has 0 aromatic carbocycles. The van der Waals surface area contributed by atoms with E-state index in [1.54, 1.807) is 7.11 Å². The molecule has 2 saturated heterocycles. The van der Waals surface area contributed by atoms with Gasteiger partial charge in [0.25, 0.3) is 0 Å². The molecular formula is C21H33N3O4. The molecule has 156 valence electrons. The molecule has 0 aliphatic carbocycles. The average molecular weight is 392 g/mol. The van der Waals surface area contributed by atoms with E-state index in [9.17, 15) is 4.79 Å². The Hall–Kier alpha value is -1.70. The standard InChI is InChI=1S/C21H33N3O4/c1-5-17(6-2)23-19(25)18-10-21(14-27-18)13-24(7-8-28-21)12-16-9-15(3)20(26-4)22-11-16/h9,11,17-18H,5-8,10,12-14H2,1-4H3,(H,23,25). The number of aryl methyl sites for hydroxylation is 1. The molecule has 0 saturated carbocycles. The third-order valence-corrected chi connectivity index (χ3v) is 5.74. The molecule has 2 atom stereocenters. The van der Waals surface area contributed by atoms with Crippen molar-refractivity contribution in [2.24, 2.45) is 0 Å². The molecule has 2 unspecified atom stereocenters. The summed E-state index contributed by atoms with van der Waals surface area (Å²) in [6.45, 7) is 9.70. The number of hydrogen-bond acceptors (Lipinski definition) is 6. The van der Waals surface area contributed by atoms with Gasteiger partial charge in [0.05, 0.1) is 20.3 Å². The van der Waals surface area contributed by atoms with Crippen molar-refractivity contribution in [1.82, 2.24) is 15.2 Å². The van der Waals surface area contributed by atoms with E-state index in [0.29, 0.717) is 25.5 Å². The molecule has 1 spiro atoms. The number of methoxy groups -OCH3 is 1. The first kappa shape index (κ1) is 21.0. The van der Waals surface area contributed by atoms with Crippen molar-refractivity contribution < 1.29 is 19.0 Å². The molecular weight excluding hydrogens is 358 g/mol. The summed E-state index contributed by atoms with van der Waals surface area (Å²) < 4.78 is 17.2. The number of morpholine rings is 1. The highest BCUT2D eigenvalue weighted by Crippen LogP contribution is 2.32. The third kappa shape index (κ3) is 4.82. The van der Waals surface area contributed by atoms with Gasteiger partial charge in [-0.3, -0.25) is 9.69 Å². The lowest BCUT2D eigenvalue weighted by atomic mass is 9.96. The van der Waals surface area contributed by atoms with Crippen LogP contribution in [-0.4, -0.2) is 67.0 Å². The van der Waals surface area contributed by atoms with Gasteiger partial charge in [-0.25, -0.2) is 4.98 Å². The molecule has 1 aromatic heterocycles. The van der Waals surface area contributed by atoms with E-state index in [4.69, 9.17) is 14.2 Å². The van der Waals surface area contributed by atoms with Crippen LogP contribution < -0.4 is 10.1 Å². The van der Waals surface area contributed by atoms with E-state index < -0.39 is 11.7 Å². The Morgan fingerprint density at radius 3 is 2.93 bits per heavy atom. The molecule has 7 heteroatoms. The summed E-state index contributed by atoms with van der Waals surface area (Å²) in [6.07, 6.45) is 3.91. The van der Waals surface area contributed by atoms with Crippen LogP contribution in [-0.2, 0) is 20.8 Å². The summed E-state index contributed by atoms with van der Waals surface area (Å²) in [6, 6.07) is 2.33. The molecule has 2 aliphatic rings. The first-order chi connectivity index (χ1) is 13.5. The van der Waals surface area contributed by atoms with Crippen LogP contribution in [0, 0.1) is 6.92 Å². The van der Waals surface area contributed by atoms with Gasteiger partial charge in [0, 0.05) is 43.9 Å². The predicted octanol–water partition coefficient (Wildman–Crippen LogP) is 2.06. The summed E-state index contributed by atoms with van der Waals surface area (Å²) in [4.78, 5) is 19.3. The smallest absolute Gasteiger partial charge is 0.249 e. The van der Waals surface area contributed by atoms with Crippen LogP contribution in [0.15, 0.2) is 12.3 Å². The number of hydrogen-bond donors (Lipinski definition) is 1. The largest absolute Gasteiger partial charge is 0.481 e. The first-order valence-electron chi connectivity index (χ1n) is 10.3. The van der Waals surface area contributed by atoms with Gasteiger partial charge < -0.3 is 19.5 Å². The lowest BCUT2D eigenvalue weighted by Crippen LogP contribution is -2.52. The number of carbonyl (C=O) groups excluding carboxylic acids is 1. The summed E-state index contributed by atoms with van der Waals surface area (Å²) in [5.74, 6) is 0.652. The number of ether oxygens (including phenoxy) is 3. The normalized spacial score (nSPS) is 25.4. The minimum atomic E-state index is -0.426. The average Bonchev–Trinajstić information content (AvgIpc) is 3.09. The van der Waals surface area contributed by atoms with E-state index in [1.165, 1.54) is 0 Å². The Labute approximate surface area is 167 Å². The summed E-state index contributed by atoms with van der Waals surface area (Å²) in [5.41, 5.74) is 1.78. The number of amides is 1. The molecule has 7 nitrogen and oxygen atoms in total. The van der Waals surface area contributed by atoms with Crippen LogP contribution in [0.4, 0.5) is 0 Å². The van der Waals surface area contributed by atoms with Gasteiger partial charge in [0.2, 0.25) is 11.8 Å². The van der Waals surface area contributed by atoms with Crippen LogP contribution >= 0.6 is 0 Å². The van der Waals surface area contributed by atoms with Crippen molar-refractivity contribution >= 4 is 5.91 Å². The Bertz CT molecular complexity index is 680. The molecule has 2 aliphatic heterocycles. The van der Waals surface area contributed by atoms with Crippen molar-refractivity contribution in [2.45, 2.75) is 64.3 Å². The molecule has 2 fully saturated rings. The van der Waals surface area contributed by atoms with Crippen LogP contribution in [0.1, 0.15) is 44.2 Å². The molecule has 28 heavy (non-hydrogen) atoms. The molecule has 3 heterocycles. The van der Waals surface area contributed by atoms with Crippen LogP contribution in [0.25, 0.3) is 0 Å². The van der Waals surface area contributed by atoms with E-state index in [-0.39, 0.29) is 11.9 Å². The van der Waals surface area contributed by atoms with Crippen molar-refractivity contribution in [2.75, 3.05) is 33.4 Å². The van der Waals surface area contributed by atoms with Crippen LogP contribution in [0.5, 0.6) is 5.88 Å². The highest BCUT2D eigenvalue weighted by Gasteiger charge is 2.47. The zero-order valence-corrected chi connectivity index (χ0v) is 17.5. The number of nitrogens with zero attached hydrogens (tertiary/aromatic N) is 2. The topological polar surface area (TPSA) is 72.9 Å². The lowest BCUT2D eigenvalue weighted by Gasteiger charge is -2.39. The second-order valence-electron chi connectivity index (χ2n) is 7.94. The van der Waals surface area contributed by atoms with Gasteiger partial charge >= 0.3 is 0 Å². The lowest BCUT2D eigenvalue weighted by molar-refractivity contribution is -0.130. The summed E-state index contributed by atoms with van der Waals surface area (Å²) in [5, 5.41) is 3.10. The van der Waals surface area contributed by atoms with E-state index in [0.717, 1.165) is 43.6 Å². The number of carbonyl (C=O) groups is 1. The molecule has 0 bridgehead atoms. The zero-order valence-electron chi connectivity index (χ0n) is 17.5. The Kier molecular flexibility index (Phi) is 6.91. The molecule has 1 aromatic rings. The monoisotopic (exact) mass is 391 g/mol. The highest BCUT2D eigenvalue weighted by atomic mass is 16.6. The quantitative estimate of drug-likeness (QED) is 0.767. The second kappa shape index (κ2) is 9.20. The maximum Gasteiger partial charge on any atom is 0.249 e. The van der Waals surface area contributed by atoms with Gasteiger partial charge in [-0.05, 0) is 31.4 Å². The van der Waals surface area contributed by atoms with Crippen molar-refractivity contribution in [3.8, 4) is 5.88 Å². The number of rotatable bonds is 7. The molecule has 1 amide bonds. The minimum absolute atomic E-state index is 0.0127. The van der Waals surface area contributed by atoms with E-state index >= 15 is 0 Å². The van der Waals surface area contributed by atoms with E-state index in [1.807, 2.05) is 13.1 Å². The Morgan fingerprint density at radius 1 is 1.46 bits per heavy atom. The molecule has 0 radical (unpaired) electrons. The highest BCUT2D eigenvalue weighted by molar-refractivity contribution is 5.81. The minimum Gasteiger partial charge on any atom is -0.481 e. The third-order valence-electron chi connectivity index (χ3n) is 5.74. The maximum absolute atomic E-state index is 12.5. The maximum atomic E-state index is 12.5. The SMILES string of the molecule is CCC(CC)NC(=O)C1CC2(CO1)CN(Cc1cnc(OC)c(C)c1)CCO2. The fourth-order valence-corrected chi connectivity index (χ4v) is 4.11. The summed E-state index contributed by atoms with van der Waals surface area (Å²) in [7, 11) is 1.64. The van der Waals surface area contributed by atoms with Crippen molar-refractivity contribution in [1.29, 1.82) is 0 Å². The van der Waals surface area contributed by atoms with E-state index in [2.05, 4.69) is 35.1 Å². The van der Waals surface area contributed by atoms with Gasteiger partial charge in [-0.15, -0.1) is 0 Å². The van der Waals surface area contributed by atoms with Crippen molar-refractivity contribution in [3.63, 3.8) is 0 Å². The fraction of sp³-hybridized carbons (Fsp3) is 0.714. The number of nitrogens with one attached hydrogen (secondary N) is 1. The molecule has 3 rings (SSSR count). The van der Waals surface area contributed by atoms with Gasteiger partial charge in [-0.2, -0.15) is 0 Å². The second-order valence-corrected chi connectivity index (χ2v) is 7.94. The van der Waals surface area contributed by atoms with Crippen molar-refractivity contribution in [3.05, 3.63) is 23.4 Å². The number of pyridine rings is 1. The van der Waals surface area contributed by atoms with Gasteiger partial charge in [-0.1, -0.05) is 13.8 Å². The first-order valence-corrected chi connectivity index (χ1v) is 10.3. The van der Waals surface area contributed by atoms with Gasteiger partial charge in [0.15, 0.2) is 0 Å². The Balaban J connectivity index is 1.58. The summed E-state index contributed by atoms with van der Waals surface area (Å²) >= 11 is 0. The van der Waals surface area contributed by atoms with Crippen LogP contribution in [0.3, 0.4) is 0 Å². The zero-order chi connectivity index (χ0) is 20.1. The predicted molar refractivity (Wildman–Crippen MR) is 106 cm³/mol. The Morgan fingerprint density at radius 2 is 2.25 bits per heavy atom. The van der Waals surface area contributed by atoms with Crippen LogP contribution in [0.2, 0.25) is 0 Å². The molecule has 1 N–H and O–H groups in total. The van der Waals surface area contributed by atoms with Gasteiger partial charge in [0.1, 0.15) is 11.7 Å². The fourth-order valence-electron chi connectivity index (χ4n) is 4.11.